The average molecular weight is 362 g/mol. The van der Waals surface area contributed by atoms with Crippen LogP contribution in [0.3, 0.4) is 0 Å². The Hall–Kier alpha value is -2.39. The van der Waals surface area contributed by atoms with E-state index in [4.69, 9.17) is 4.74 Å². The second kappa shape index (κ2) is 7.24. The molecule has 1 fully saturated rings. The number of carboxylic acid groups (broad SMARTS) is 1. The molecule has 2 N–H and O–H groups in total. The van der Waals surface area contributed by atoms with Gasteiger partial charge in [-0.1, -0.05) is 29.5 Å². The summed E-state index contributed by atoms with van der Waals surface area (Å²) in [7, 11) is 0. The fraction of sp³-hybridized carbons (Fsp3) is 0.375. The van der Waals surface area contributed by atoms with Crippen LogP contribution in [-0.2, 0) is 14.3 Å². The summed E-state index contributed by atoms with van der Waals surface area (Å²) in [4.78, 5) is 23.6. The molecular formula is C16H18N4O4S. The van der Waals surface area contributed by atoms with Gasteiger partial charge in [-0.3, -0.25) is 9.36 Å². The van der Waals surface area contributed by atoms with Gasteiger partial charge in [-0.25, -0.2) is 4.79 Å². The zero-order chi connectivity index (χ0) is 17.9. The summed E-state index contributed by atoms with van der Waals surface area (Å²) in [5.74, 6) is -1.41. The van der Waals surface area contributed by atoms with E-state index in [0.717, 1.165) is 11.3 Å². The van der Waals surface area contributed by atoms with Crippen molar-refractivity contribution >= 4 is 23.6 Å². The first-order chi connectivity index (χ1) is 12.0. The molecule has 8 nitrogen and oxygen atoms in total. The predicted octanol–water partition coefficient (Wildman–Crippen LogP) is 1.03. The molecule has 2 heterocycles. The molecule has 0 spiro atoms. The number of nitrogens with zero attached hydrogens (tertiary/aromatic N) is 3. The number of hydrogen-bond acceptors (Lipinski definition) is 6. The van der Waals surface area contributed by atoms with E-state index < -0.39 is 11.5 Å². The SMILES string of the molecule is Cc1ccc(-n2cnnc2SCC(=O)NC2(C(=O)O)CCOC2)cc1. The molecular weight excluding hydrogens is 344 g/mol. The first-order valence-electron chi connectivity index (χ1n) is 7.72. The number of aromatic nitrogens is 3. The molecule has 0 radical (unpaired) electrons. The number of carboxylic acids is 1. The lowest BCUT2D eigenvalue weighted by atomic mass is 9.99. The van der Waals surface area contributed by atoms with E-state index in [9.17, 15) is 14.7 Å². The molecule has 1 amide bonds. The first kappa shape index (κ1) is 17.4. The molecule has 3 rings (SSSR count). The van der Waals surface area contributed by atoms with Gasteiger partial charge in [0, 0.05) is 18.7 Å². The van der Waals surface area contributed by atoms with E-state index in [-0.39, 0.29) is 24.7 Å². The molecule has 2 aromatic rings. The van der Waals surface area contributed by atoms with Crippen LogP contribution in [0.25, 0.3) is 5.69 Å². The van der Waals surface area contributed by atoms with Gasteiger partial charge in [0.1, 0.15) is 6.33 Å². The molecule has 25 heavy (non-hydrogen) atoms. The van der Waals surface area contributed by atoms with Crippen molar-refractivity contribution in [3.05, 3.63) is 36.2 Å². The number of thioether (sulfide) groups is 1. The highest BCUT2D eigenvalue weighted by Gasteiger charge is 2.43. The van der Waals surface area contributed by atoms with Gasteiger partial charge in [-0.05, 0) is 19.1 Å². The van der Waals surface area contributed by atoms with Gasteiger partial charge >= 0.3 is 5.97 Å². The maximum atomic E-state index is 12.2. The smallest absolute Gasteiger partial charge is 0.331 e. The van der Waals surface area contributed by atoms with Gasteiger partial charge in [0.15, 0.2) is 10.7 Å². The van der Waals surface area contributed by atoms with Gasteiger partial charge in [0.05, 0.1) is 12.4 Å². The highest BCUT2D eigenvalue weighted by atomic mass is 32.2. The molecule has 1 atom stereocenters. The highest BCUT2D eigenvalue weighted by molar-refractivity contribution is 7.99. The van der Waals surface area contributed by atoms with Crippen molar-refractivity contribution in [2.75, 3.05) is 19.0 Å². The fourth-order valence-electron chi connectivity index (χ4n) is 2.52. The number of carbonyl (C=O) groups is 2. The fourth-order valence-corrected chi connectivity index (χ4v) is 3.25. The number of nitrogens with one attached hydrogen (secondary N) is 1. The molecule has 1 unspecified atom stereocenters. The van der Waals surface area contributed by atoms with Gasteiger partial charge in [0.25, 0.3) is 0 Å². The van der Waals surface area contributed by atoms with Crippen LogP contribution >= 0.6 is 11.8 Å². The molecule has 1 aliphatic rings. The van der Waals surface area contributed by atoms with Crippen LogP contribution in [0.5, 0.6) is 0 Å². The largest absolute Gasteiger partial charge is 0.479 e. The molecule has 0 aliphatic carbocycles. The molecule has 132 valence electrons. The zero-order valence-corrected chi connectivity index (χ0v) is 14.5. The number of rotatable bonds is 6. The maximum Gasteiger partial charge on any atom is 0.331 e. The Kier molecular flexibility index (Phi) is 5.05. The van der Waals surface area contributed by atoms with Crippen LogP contribution in [0.2, 0.25) is 0 Å². The van der Waals surface area contributed by atoms with Crippen molar-refractivity contribution in [2.45, 2.75) is 24.0 Å². The summed E-state index contributed by atoms with van der Waals surface area (Å²) in [6.45, 7) is 2.31. The van der Waals surface area contributed by atoms with E-state index >= 15 is 0 Å². The molecule has 1 aromatic heterocycles. The number of carbonyl (C=O) groups excluding carboxylic acids is 1. The van der Waals surface area contributed by atoms with E-state index in [1.54, 1.807) is 10.9 Å². The molecule has 0 saturated carbocycles. The van der Waals surface area contributed by atoms with E-state index in [2.05, 4.69) is 15.5 Å². The maximum absolute atomic E-state index is 12.2. The standard InChI is InChI=1S/C16H18N4O4S/c1-11-2-4-12(5-3-11)20-10-17-19-15(20)25-8-13(21)18-16(14(22)23)6-7-24-9-16/h2-5,10H,6-9H2,1H3,(H,18,21)(H,22,23). The lowest BCUT2D eigenvalue weighted by Crippen LogP contribution is -2.55. The van der Waals surface area contributed by atoms with Crippen molar-refractivity contribution in [1.29, 1.82) is 0 Å². The van der Waals surface area contributed by atoms with Crippen LogP contribution in [0.4, 0.5) is 0 Å². The summed E-state index contributed by atoms with van der Waals surface area (Å²) in [5, 5.41) is 20.4. The Morgan fingerprint density at radius 3 is 2.80 bits per heavy atom. The minimum Gasteiger partial charge on any atom is -0.479 e. The molecule has 9 heteroatoms. The minimum atomic E-state index is -1.33. The number of aryl methyl sites for hydroxylation is 1. The van der Waals surface area contributed by atoms with Gasteiger partial charge in [-0.15, -0.1) is 10.2 Å². The quantitative estimate of drug-likeness (QED) is 0.739. The van der Waals surface area contributed by atoms with E-state index in [0.29, 0.717) is 11.8 Å². The van der Waals surface area contributed by atoms with Gasteiger partial charge in [-0.2, -0.15) is 0 Å². The van der Waals surface area contributed by atoms with Crippen LogP contribution in [-0.4, -0.2) is 56.3 Å². The monoisotopic (exact) mass is 362 g/mol. The summed E-state index contributed by atoms with van der Waals surface area (Å²) in [6, 6.07) is 7.84. The number of ether oxygens (including phenoxy) is 1. The first-order valence-corrected chi connectivity index (χ1v) is 8.71. The summed E-state index contributed by atoms with van der Waals surface area (Å²) >= 11 is 1.20. The Bertz CT molecular complexity index is 769. The zero-order valence-electron chi connectivity index (χ0n) is 13.6. The Morgan fingerprint density at radius 1 is 1.40 bits per heavy atom. The Labute approximate surface area is 148 Å². The van der Waals surface area contributed by atoms with Crippen LogP contribution in [0.15, 0.2) is 35.7 Å². The number of amides is 1. The van der Waals surface area contributed by atoms with Gasteiger partial charge < -0.3 is 15.2 Å². The Morgan fingerprint density at radius 2 is 2.16 bits per heavy atom. The highest BCUT2D eigenvalue weighted by Crippen LogP contribution is 2.22. The molecule has 1 aliphatic heterocycles. The van der Waals surface area contributed by atoms with Crippen molar-refractivity contribution < 1.29 is 19.4 Å². The number of hydrogen-bond donors (Lipinski definition) is 2. The summed E-state index contributed by atoms with van der Waals surface area (Å²) in [5.41, 5.74) is 0.704. The normalized spacial score (nSPS) is 19.7. The second-order valence-corrected chi connectivity index (χ2v) is 6.79. The van der Waals surface area contributed by atoms with Gasteiger partial charge in [0.2, 0.25) is 5.91 Å². The minimum absolute atomic E-state index is 0.0156. The molecule has 1 aromatic carbocycles. The number of aliphatic carboxylic acids is 1. The van der Waals surface area contributed by atoms with Crippen molar-refractivity contribution in [3.8, 4) is 5.69 Å². The average Bonchev–Trinajstić information content (AvgIpc) is 3.23. The van der Waals surface area contributed by atoms with Crippen LogP contribution in [0, 0.1) is 6.92 Å². The predicted molar refractivity (Wildman–Crippen MR) is 90.8 cm³/mol. The summed E-state index contributed by atoms with van der Waals surface area (Å²) < 4.78 is 6.91. The van der Waals surface area contributed by atoms with E-state index in [1.807, 2.05) is 31.2 Å². The van der Waals surface area contributed by atoms with Crippen molar-refractivity contribution in [1.82, 2.24) is 20.1 Å². The third-order valence-electron chi connectivity index (χ3n) is 3.97. The van der Waals surface area contributed by atoms with E-state index in [1.165, 1.54) is 11.8 Å². The number of benzene rings is 1. The lowest BCUT2D eigenvalue weighted by Gasteiger charge is -2.23. The van der Waals surface area contributed by atoms with Crippen molar-refractivity contribution in [2.24, 2.45) is 0 Å². The molecule has 0 bridgehead atoms. The second-order valence-electron chi connectivity index (χ2n) is 5.85. The van der Waals surface area contributed by atoms with Crippen molar-refractivity contribution in [3.63, 3.8) is 0 Å². The third-order valence-corrected chi connectivity index (χ3v) is 4.91. The van der Waals surface area contributed by atoms with Crippen LogP contribution < -0.4 is 5.32 Å². The summed E-state index contributed by atoms with van der Waals surface area (Å²) in [6.07, 6.45) is 1.84. The lowest BCUT2D eigenvalue weighted by molar-refractivity contribution is -0.147. The van der Waals surface area contributed by atoms with Crippen LogP contribution in [0.1, 0.15) is 12.0 Å². The molecule has 1 saturated heterocycles. The Balaban J connectivity index is 1.64. The topological polar surface area (TPSA) is 106 Å². The third kappa shape index (κ3) is 3.83.